The first-order valence-electron chi connectivity index (χ1n) is 6.20. The Morgan fingerprint density at radius 3 is 2.38 bits per heavy atom. The first-order valence-corrected chi connectivity index (χ1v) is 6.20. The second-order valence-electron chi connectivity index (χ2n) is 5.01. The first-order chi connectivity index (χ1) is 7.49. The van der Waals surface area contributed by atoms with Gasteiger partial charge < -0.3 is 15.3 Å². The van der Waals surface area contributed by atoms with Crippen LogP contribution in [0.1, 0.15) is 40.0 Å². The average Bonchev–Trinajstić information content (AvgIpc) is 2.17. The third-order valence-corrected chi connectivity index (χ3v) is 3.53. The molecule has 0 atom stereocenters. The summed E-state index contributed by atoms with van der Waals surface area (Å²) in [5.41, 5.74) is -0.175. The monoisotopic (exact) mass is 228 g/mol. The van der Waals surface area contributed by atoms with Gasteiger partial charge in [-0.25, -0.2) is 0 Å². The number of carboxylic acids is 1. The van der Waals surface area contributed by atoms with E-state index in [0.717, 1.165) is 32.5 Å². The van der Waals surface area contributed by atoms with E-state index in [4.69, 9.17) is 5.11 Å². The quantitative estimate of drug-likeness (QED) is 0.745. The predicted octanol–water partition coefficient (Wildman–Crippen LogP) is 1.31. The Kier molecular flexibility index (Phi) is 4.74. The summed E-state index contributed by atoms with van der Waals surface area (Å²) < 4.78 is 0. The van der Waals surface area contributed by atoms with Crippen LogP contribution in [0, 0.1) is 0 Å². The molecule has 0 aliphatic carbocycles. The van der Waals surface area contributed by atoms with Crippen LogP contribution < -0.4 is 5.32 Å². The highest BCUT2D eigenvalue weighted by Gasteiger charge is 2.36. The van der Waals surface area contributed by atoms with Crippen LogP contribution in [0.3, 0.4) is 0 Å². The number of hydrogen-bond donors (Lipinski definition) is 2. The van der Waals surface area contributed by atoms with Gasteiger partial charge in [-0.2, -0.15) is 0 Å². The molecule has 0 spiro atoms. The number of carbonyl (C=O) groups is 1. The summed E-state index contributed by atoms with van der Waals surface area (Å²) in [6.07, 6.45) is 2.11. The maximum absolute atomic E-state index is 10.9. The van der Waals surface area contributed by atoms with Crippen molar-refractivity contribution < 1.29 is 9.90 Å². The van der Waals surface area contributed by atoms with Gasteiger partial charge in [-0.3, -0.25) is 4.79 Å². The number of rotatable bonds is 5. The molecule has 16 heavy (non-hydrogen) atoms. The van der Waals surface area contributed by atoms with Crippen molar-refractivity contribution in [2.45, 2.75) is 51.6 Å². The average molecular weight is 228 g/mol. The van der Waals surface area contributed by atoms with Crippen molar-refractivity contribution >= 4 is 5.97 Å². The molecular formula is C12H24N2O2. The molecule has 0 aromatic carbocycles. The second kappa shape index (κ2) is 5.64. The van der Waals surface area contributed by atoms with E-state index < -0.39 is 5.97 Å². The zero-order valence-corrected chi connectivity index (χ0v) is 10.6. The lowest BCUT2D eigenvalue weighted by atomic mass is 9.84. The van der Waals surface area contributed by atoms with Gasteiger partial charge in [0, 0.05) is 24.7 Å². The fourth-order valence-electron chi connectivity index (χ4n) is 2.55. The third-order valence-electron chi connectivity index (χ3n) is 3.53. The third kappa shape index (κ3) is 3.46. The molecule has 0 radical (unpaired) electrons. The van der Waals surface area contributed by atoms with Gasteiger partial charge in [0.1, 0.15) is 0 Å². The number of piperidine rings is 1. The van der Waals surface area contributed by atoms with Gasteiger partial charge >= 0.3 is 5.97 Å². The van der Waals surface area contributed by atoms with Crippen LogP contribution in [0.4, 0.5) is 0 Å². The molecule has 4 heteroatoms. The molecule has 1 aliphatic heterocycles. The number of nitrogens with one attached hydrogen (secondary N) is 1. The topological polar surface area (TPSA) is 52.6 Å². The zero-order valence-electron chi connectivity index (χ0n) is 10.6. The van der Waals surface area contributed by atoms with Crippen LogP contribution in [-0.2, 0) is 4.79 Å². The number of hydrogen-bond acceptors (Lipinski definition) is 3. The van der Waals surface area contributed by atoms with E-state index in [2.05, 4.69) is 24.1 Å². The lowest BCUT2D eigenvalue weighted by Crippen LogP contribution is -2.55. The van der Waals surface area contributed by atoms with Crippen LogP contribution in [0.2, 0.25) is 0 Å². The number of carboxylic acid groups (broad SMARTS) is 1. The molecular weight excluding hydrogens is 204 g/mol. The van der Waals surface area contributed by atoms with Crippen molar-refractivity contribution in [3.8, 4) is 0 Å². The van der Waals surface area contributed by atoms with Crippen molar-refractivity contribution in [2.24, 2.45) is 0 Å². The Balaban J connectivity index is 2.58. The Labute approximate surface area is 98.0 Å². The summed E-state index contributed by atoms with van der Waals surface area (Å²) in [5, 5.41) is 12.4. The Morgan fingerprint density at radius 1 is 1.44 bits per heavy atom. The Hall–Kier alpha value is -0.610. The lowest BCUT2D eigenvalue weighted by molar-refractivity contribution is -0.139. The van der Waals surface area contributed by atoms with Crippen LogP contribution >= 0.6 is 0 Å². The highest BCUT2D eigenvalue weighted by molar-refractivity contribution is 5.68. The molecule has 2 N–H and O–H groups in total. The highest BCUT2D eigenvalue weighted by atomic mass is 16.4. The largest absolute Gasteiger partial charge is 0.481 e. The second-order valence-corrected chi connectivity index (χ2v) is 5.01. The molecule has 94 valence electrons. The van der Waals surface area contributed by atoms with Crippen molar-refractivity contribution in [1.82, 2.24) is 10.2 Å². The number of likely N-dealkylation sites (tertiary alicyclic amines) is 1. The van der Waals surface area contributed by atoms with E-state index in [1.54, 1.807) is 0 Å². The number of aliphatic carboxylic acids is 1. The number of nitrogens with zero attached hydrogens (tertiary/aromatic N) is 1. The van der Waals surface area contributed by atoms with Gasteiger partial charge in [0.2, 0.25) is 0 Å². The minimum atomic E-state index is -0.695. The first kappa shape index (κ1) is 13.5. The molecule has 0 saturated carbocycles. The summed E-state index contributed by atoms with van der Waals surface area (Å²) in [4.78, 5) is 13.3. The molecule has 0 bridgehead atoms. The van der Waals surface area contributed by atoms with Gasteiger partial charge in [-0.1, -0.05) is 6.92 Å². The van der Waals surface area contributed by atoms with E-state index in [1.165, 1.54) is 0 Å². The van der Waals surface area contributed by atoms with Crippen molar-refractivity contribution in [3.63, 3.8) is 0 Å². The molecule has 4 nitrogen and oxygen atoms in total. The molecule has 0 aromatic heterocycles. The SMILES string of the molecule is CCNC1(CC(=O)O)CCN(C(C)C)CC1. The summed E-state index contributed by atoms with van der Waals surface area (Å²) in [5.74, 6) is -0.695. The van der Waals surface area contributed by atoms with Gasteiger partial charge in [0.25, 0.3) is 0 Å². The molecule has 0 unspecified atom stereocenters. The van der Waals surface area contributed by atoms with E-state index in [9.17, 15) is 4.79 Å². The zero-order chi connectivity index (χ0) is 12.2. The molecule has 1 rings (SSSR count). The molecule has 1 fully saturated rings. The van der Waals surface area contributed by atoms with Crippen molar-refractivity contribution in [1.29, 1.82) is 0 Å². The predicted molar refractivity (Wildman–Crippen MR) is 64.6 cm³/mol. The Bertz CT molecular complexity index is 233. The summed E-state index contributed by atoms with van der Waals surface area (Å²) >= 11 is 0. The molecule has 0 amide bonds. The van der Waals surface area contributed by atoms with E-state index in [1.807, 2.05) is 6.92 Å². The lowest BCUT2D eigenvalue weighted by Gasteiger charge is -2.43. The van der Waals surface area contributed by atoms with Crippen LogP contribution in [0.5, 0.6) is 0 Å². The summed E-state index contributed by atoms with van der Waals surface area (Å²) in [6.45, 7) is 9.26. The molecule has 1 saturated heterocycles. The maximum atomic E-state index is 10.9. The molecule has 1 heterocycles. The Morgan fingerprint density at radius 2 is 2.00 bits per heavy atom. The minimum absolute atomic E-state index is 0.175. The van der Waals surface area contributed by atoms with E-state index in [0.29, 0.717) is 6.04 Å². The standard InChI is InChI=1S/C12H24N2O2/c1-4-13-12(9-11(15)16)5-7-14(8-6-12)10(2)3/h10,13H,4-9H2,1-3H3,(H,15,16). The smallest absolute Gasteiger partial charge is 0.305 e. The fourth-order valence-corrected chi connectivity index (χ4v) is 2.55. The molecule has 0 aromatic rings. The van der Waals surface area contributed by atoms with Crippen molar-refractivity contribution in [2.75, 3.05) is 19.6 Å². The van der Waals surface area contributed by atoms with Crippen LogP contribution in [0.15, 0.2) is 0 Å². The van der Waals surface area contributed by atoms with Gasteiger partial charge in [0.05, 0.1) is 6.42 Å². The summed E-state index contributed by atoms with van der Waals surface area (Å²) in [7, 11) is 0. The highest BCUT2D eigenvalue weighted by Crippen LogP contribution is 2.26. The minimum Gasteiger partial charge on any atom is -0.481 e. The van der Waals surface area contributed by atoms with Crippen LogP contribution in [-0.4, -0.2) is 47.2 Å². The van der Waals surface area contributed by atoms with Crippen molar-refractivity contribution in [3.05, 3.63) is 0 Å². The molecule has 1 aliphatic rings. The van der Waals surface area contributed by atoms with Crippen LogP contribution in [0.25, 0.3) is 0 Å². The van der Waals surface area contributed by atoms with E-state index >= 15 is 0 Å². The van der Waals surface area contributed by atoms with E-state index in [-0.39, 0.29) is 12.0 Å². The fraction of sp³-hybridized carbons (Fsp3) is 0.917. The summed E-state index contributed by atoms with van der Waals surface area (Å²) in [6, 6.07) is 0.560. The normalized spacial score (nSPS) is 21.2. The van der Waals surface area contributed by atoms with Gasteiger partial charge in [-0.05, 0) is 33.2 Å². The maximum Gasteiger partial charge on any atom is 0.305 e. The van der Waals surface area contributed by atoms with Gasteiger partial charge in [0.15, 0.2) is 0 Å². The van der Waals surface area contributed by atoms with Gasteiger partial charge in [-0.15, -0.1) is 0 Å².